The highest BCUT2D eigenvalue weighted by Gasteiger charge is 2.51. The molecule has 0 aliphatic carbocycles. The molecule has 0 spiro atoms. The van der Waals surface area contributed by atoms with Crippen LogP contribution in [-0.4, -0.2) is 37.0 Å². The summed E-state index contributed by atoms with van der Waals surface area (Å²) in [5.41, 5.74) is 0. The van der Waals surface area contributed by atoms with Crippen LogP contribution >= 0.6 is 59.2 Å². The van der Waals surface area contributed by atoms with Crippen LogP contribution in [0.3, 0.4) is 0 Å². The summed E-state index contributed by atoms with van der Waals surface area (Å²) in [6.07, 6.45) is 26.1. The van der Waals surface area contributed by atoms with E-state index in [1.807, 2.05) is 0 Å². The van der Waals surface area contributed by atoms with E-state index in [1.54, 1.807) is 0 Å². The Bertz CT molecular complexity index is 5110. The average Bonchev–Trinajstić information content (AvgIpc) is 0.784. The van der Waals surface area contributed by atoms with Gasteiger partial charge in [-0.25, -0.2) is 0 Å². The molecule has 0 amide bonds. The van der Waals surface area contributed by atoms with Crippen LogP contribution in [0.4, 0.5) is 0 Å². The lowest BCUT2D eigenvalue weighted by Crippen LogP contribution is -2.33. The molecule has 18 aromatic rings. The second-order valence-electron chi connectivity index (χ2n) is 36.4. The molecule has 0 radical (unpaired) electrons. The molecule has 736 valence electrons. The van der Waals surface area contributed by atoms with E-state index in [4.69, 9.17) is 38.5 Å². The quantitative estimate of drug-likeness (QED) is 0.0269. The third kappa shape index (κ3) is 29.6. The van der Waals surface area contributed by atoms with Crippen molar-refractivity contribution in [3.63, 3.8) is 0 Å². The summed E-state index contributed by atoms with van der Waals surface area (Å²) in [4.78, 5) is 51.3. The van der Waals surface area contributed by atoms with E-state index in [1.165, 1.54) is 229 Å². The Morgan fingerprint density at radius 2 is 0.166 bits per heavy atom. The van der Waals surface area contributed by atoms with Crippen molar-refractivity contribution in [2.45, 2.75) is 96.3 Å². The monoisotopic (exact) mass is 2060 g/mol. The molecule has 0 atom stereocenters. The van der Waals surface area contributed by atoms with Crippen molar-refractivity contribution in [1.82, 2.24) is 0 Å². The topological polar surface area (TPSA) is 172 Å². The van der Waals surface area contributed by atoms with Crippen molar-refractivity contribution in [3.8, 4) is 0 Å². The van der Waals surface area contributed by atoms with Gasteiger partial charge in [-0.3, -0.25) is 0 Å². The van der Waals surface area contributed by atoms with Gasteiger partial charge in [-0.2, -0.15) is 15.6 Å². The minimum Gasteiger partial charge on any atom is -0.822 e. The van der Waals surface area contributed by atoms with Gasteiger partial charge >= 0.3 is 0 Å². The first-order chi connectivity index (χ1) is 71.0. The van der Waals surface area contributed by atoms with E-state index in [2.05, 4.69) is 546 Å². The van der Waals surface area contributed by atoms with Crippen molar-refractivity contribution in [2.75, 3.05) is 37.0 Å². The normalized spacial score (nSPS) is 11.7. The zero-order chi connectivity index (χ0) is 101. The smallest absolute Gasteiger partial charge is 0.112 e. The molecule has 0 N–H and O–H groups in total. The molecule has 0 bridgehead atoms. The summed E-state index contributed by atoms with van der Waals surface area (Å²) in [5, 5.41) is 26.8. The van der Waals surface area contributed by atoms with Crippen molar-refractivity contribution < 1.29 is 38.5 Å². The molecule has 0 aliphatic heterocycles. The van der Waals surface area contributed by atoms with Crippen LogP contribution in [0.1, 0.15) is 96.3 Å². The van der Waals surface area contributed by atoms with E-state index >= 15 is 0 Å². The Morgan fingerprint density at radius 1 is 0.110 bits per heavy atom. The molecule has 145 heavy (non-hydrogen) atoms. The van der Waals surface area contributed by atoms with Crippen LogP contribution < -0.4 is 125 Å². The fraction of sp³-hybridized carbons (Fsp3) is 0.163. The van der Waals surface area contributed by atoms with Gasteiger partial charge in [-0.1, -0.05) is 347 Å². The number of rotatable bonds is 42. The van der Waals surface area contributed by atoms with Gasteiger partial charge < -0.3 is 38.5 Å². The minimum absolute atomic E-state index is 1.21. The molecule has 0 unspecified atom stereocenters. The van der Waals surface area contributed by atoms with Crippen molar-refractivity contribution in [1.29, 1.82) is 0 Å². The van der Waals surface area contributed by atoms with E-state index in [0.29, 0.717) is 0 Å². The zero-order valence-electron chi connectivity index (χ0n) is 82.7. The van der Waals surface area contributed by atoms with Gasteiger partial charge in [-0.05, 0) is 295 Å². The lowest BCUT2D eigenvalue weighted by atomic mass is 10.2. The van der Waals surface area contributed by atoms with E-state index in [9.17, 15) is 0 Å². The molecule has 0 aromatic heterocycles. The zero-order valence-corrected chi connectivity index (χ0v) is 89.8. The number of unbranched alkanes of at least 4 members (excludes halogenated alkanes) is 12. The van der Waals surface area contributed by atoms with Gasteiger partial charge in [0, 0.05) is 0 Å². The van der Waals surface area contributed by atoms with Gasteiger partial charge in [0.15, 0.2) is 0 Å². The van der Waals surface area contributed by atoms with Gasteiger partial charge in [0.05, 0.1) is 37.0 Å². The largest absolute Gasteiger partial charge is 0.822 e. The van der Waals surface area contributed by atoms with Crippen molar-refractivity contribution in [3.05, 3.63) is 546 Å². The Labute approximate surface area is 865 Å². The Hall–Kier alpha value is -11.2. The standard InChI is InChI=1S/3C43H44P2.2H3O4P/c3*1(2-22-36-44(38-24-10-4-11-25-38,39-26-12-5-13-27-39)40-28-14-6-15-29-40)3-23-37-45(41-30-16-7-17-31-41,42-32-18-8-19-33-42)43-34-20-9-21-35-43;2*1-5(2,3)4/h3*4-21,24-35H,1-3,22-23,36-37H2;2*(H3,1,2,3,4)/q3*+2;;/p-6. The summed E-state index contributed by atoms with van der Waals surface area (Å²) in [5.74, 6) is 0. The summed E-state index contributed by atoms with van der Waals surface area (Å²) in [7, 11) is -21.3. The van der Waals surface area contributed by atoms with Gasteiger partial charge in [0.1, 0.15) is 139 Å². The second kappa shape index (κ2) is 56.6. The molecule has 0 saturated heterocycles. The molecule has 0 heterocycles. The SMILES string of the molecule is O=P([O-])([O-])[O-].O=P([O-])([O-])[O-].c1ccc([P+](CCCCCCC[P+](c2ccccc2)(c2ccccc2)c2ccccc2)(c2ccccc2)c2ccccc2)cc1.c1ccc([P+](CCCCCCC[P+](c2ccccc2)(c2ccccc2)c2ccccc2)(c2ccccc2)c2ccccc2)cc1.c1ccc([P+](CCCCCCC[P+](c2ccccc2)(c2ccccc2)c2ccccc2)(c2ccccc2)c2ccccc2)cc1. The predicted molar refractivity (Wildman–Crippen MR) is 625 cm³/mol. The van der Waals surface area contributed by atoms with E-state index in [-0.39, 0.29) is 0 Å². The van der Waals surface area contributed by atoms with Crippen LogP contribution in [0, 0.1) is 0 Å². The summed E-state index contributed by atoms with van der Waals surface area (Å²) < 4.78 is 17.1. The predicted octanol–water partition coefficient (Wildman–Crippen LogP) is 21.1. The van der Waals surface area contributed by atoms with Gasteiger partial charge in [0.25, 0.3) is 0 Å². The van der Waals surface area contributed by atoms with Crippen molar-refractivity contribution >= 4 is 155 Å². The molecule has 0 saturated carbocycles. The van der Waals surface area contributed by atoms with Crippen molar-refractivity contribution in [2.24, 2.45) is 0 Å². The Kier molecular flexibility index (Phi) is 42.7. The highest BCUT2D eigenvalue weighted by Crippen LogP contribution is 2.62. The maximum absolute atomic E-state index is 8.55. The maximum atomic E-state index is 8.55. The number of phosphoric acid groups is 2. The Morgan fingerprint density at radius 3 is 0.228 bits per heavy atom. The number of hydrogen-bond donors (Lipinski definition) is 0. The third-order valence-corrected chi connectivity index (χ3v) is 54.7. The van der Waals surface area contributed by atoms with E-state index in [0.717, 1.165) is 0 Å². The Balaban J connectivity index is 0.000000164. The van der Waals surface area contributed by atoms with Crippen LogP contribution in [0.15, 0.2) is 546 Å². The van der Waals surface area contributed by atoms with Crippen LogP contribution in [0.2, 0.25) is 0 Å². The van der Waals surface area contributed by atoms with E-state index < -0.39 is 59.2 Å². The molecular weight excluding hydrogens is 1930 g/mol. The van der Waals surface area contributed by atoms with Gasteiger partial charge in [-0.15, -0.1) is 0 Å². The first-order valence-electron chi connectivity index (χ1n) is 50.8. The summed E-state index contributed by atoms with van der Waals surface area (Å²) >= 11 is 0. The molecule has 16 heteroatoms. The first-order valence-corrected chi connectivity index (χ1v) is 65.5. The lowest BCUT2D eigenvalue weighted by molar-refractivity contribution is -0.434. The first kappa shape index (κ1) is 109. The minimum atomic E-state index is -5.39. The average molecular weight is 2060 g/mol. The molecule has 8 nitrogen and oxygen atoms in total. The summed E-state index contributed by atoms with van der Waals surface area (Å²) in [6, 6.07) is 204. The second-order valence-corrected chi connectivity index (χ2v) is 59.9. The summed E-state index contributed by atoms with van der Waals surface area (Å²) in [6.45, 7) is 0. The fourth-order valence-corrected chi connectivity index (χ4v) is 47.4. The molecule has 18 aromatic carbocycles. The molecular formula is C129H132O8P8. The number of hydrogen-bond acceptors (Lipinski definition) is 8. The van der Waals surface area contributed by atoms with Crippen LogP contribution in [0.25, 0.3) is 0 Å². The highest BCUT2D eigenvalue weighted by atomic mass is 31.2. The molecule has 18 rings (SSSR count). The maximum Gasteiger partial charge on any atom is 0.112 e. The molecule has 0 fully saturated rings. The molecule has 0 aliphatic rings. The highest BCUT2D eigenvalue weighted by molar-refractivity contribution is 7.98. The third-order valence-electron chi connectivity index (χ3n) is 27.5. The number of benzene rings is 18. The van der Waals surface area contributed by atoms with Crippen LogP contribution in [0.5, 0.6) is 0 Å². The van der Waals surface area contributed by atoms with Crippen LogP contribution in [-0.2, 0) is 9.13 Å². The lowest BCUT2D eigenvalue weighted by Gasteiger charge is -2.36. The van der Waals surface area contributed by atoms with Gasteiger partial charge in [0.2, 0.25) is 0 Å². The fourth-order valence-electron chi connectivity index (χ4n) is 21.0.